The van der Waals surface area contributed by atoms with Crippen molar-refractivity contribution in [3.63, 3.8) is 0 Å². The molecule has 0 aliphatic carbocycles. The lowest BCUT2D eigenvalue weighted by Gasteiger charge is -2.19. The molecule has 10 heteroatoms. The number of aromatic nitrogens is 2. The van der Waals surface area contributed by atoms with Crippen molar-refractivity contribution >= 4 is 28.9 Å². The number of thiophene rings is 1. The monoisotopic (exact) mass is 494 g/mol. The number of nitrogens with one attached hydrogen (secondary N) is 1. The van der Waals surface area contributed by atoms with Gasteiger partial charge in [-0.3, -0.25) is 9.69 Å². The minimum Gasteiger partial charge on any atom is -0.462 e. The van der Waals surface area contributed by atoms with Crippen molar-refractivity contribution in [3.05, 3.63) is 65.6 Å². The van der Waals surface area contributed by atoms with Gasteiger partial charge in [0.1, 0.15) is 4.88 Å². The minimum absolute atomic E-state index is 0.0884. The first-order chi connectivity index (χ1) is 17.1. The third kappa shape index (κ3) is 6.23. The van der Waals surface area contributed by atoms with Crippen LogP contribution in [0.15, 0.2) is 63.6 Å². The molecule has 1 N–H and O–H groups in total. The zero-order valence-corrected chi connectivity index (χ0v) is 20.3. The molecule has 4 rings (SSSR count). The van der Waals surface area contributed by atoms with Gasteiger partial charge in [0, 0.05) is 4.88 Å². The van der Waals surface area contributed by atoms with Crippen molar-refractivity contribution in [2.24, 2.45) is 0 Å². The molecule has 0 aliphatic rings. The molecule has 0 saturated carbocycles. The minimum atomic E-state index is -0.461. The Balaban J connectivity index is 1.47. The predicted octanol–water partition coefficient (Wildman–Crippen LogP) is 5.09. The highest BCUT2D eigenvalue weighted by atomic mass is 32.1. The van der Waals surface area contributed by atoms with Gasteiger partial charge in [-0.2, -0.15) is 0 Å². The van der Waals surface area contributed by atoms with Gasteiger partial charge in [0.25, 0.3) is 5.89 Å². The summed E-state index contributed by atoms with van der Waals surface area (Å²) in [5.74, 6) is 0.439. The third-order valence-corrected chi connectivity index (χ3v) is 6.15. The van der Waals surface area contributed by atoms with Crippen molar-refractivity contribution < 1.29 is 23.2 Å². The predicted molar refractivity (Wildman–Crippen MR) is 132 cm³/mol. The van der Waals surface area contributed by atoms with Crippen molar-refractivity contribution in [3.8, 4) is 22.1 Å². The summed E-state index contributed by atoms with van der Waals surface area (Å²) in [4.78, 5) is 28.7. The van der Waals surface area contributed by atoms with E-state index < -0.39 is 5.97 Å². The molecule has 9 nitrogen and oxygen atoms in total. The van der Waals surface area contributed by atoms with E-state index in [1.54, 1.807) is 19.1 Å². The van der Waals surface area contributed by atoms with E-state index in [1.165, 1.54) is 17.6 Å². The number of ether oxygens (including phenoxy) is 1. The molecule has 0 fully saturated rings. The second kappa shape index (κ2) is 11.6. The van der Waals surface area contributed by atoms with E-state index in [4.69, 9.17) is 13.6 Å². The third-order valence-electron chi connectivity index (χ3n) is 4.99. The topological polar surface area (TPSA) is 111 Å². The van der Waals surface area contributed by atoms with Crippen LogP contribution in [0.1, 0.15) is 35.8 Å². The fraction of sp³-hybridized carbons (Fsp3) is 0.280. The molecule has 0 unspecified atom stereocenters. The number of benzene rings is 1. The van der Waals surface area contributed by atoms with Gasteiger partial charge in [0.15, 0.2) is 5.76 Å². The van der Waals surface area contributed by atoms with Gasteiger partial charge in [0.05, 0.1) is 31.6 Å². The molecule has 1 amide bonds. The van der Waals surface area contributed by atoms with E-state index in [0.717, 1.165) is 16.9 Å². The number of esters is 1. The quantitative estimate of drug-likeness (QED) is 0.287. The first-order valence-corrected chi connectivity index (χ1v) is 12.1. The molecule has 0 saturated heterocycles. The maximum absolute atomic E-state index is 13.0. The van der Waals surface area contributed by atoms with E-state index in [0.29, 0.717) is 35.3 Å². The number of rotatable bonds is 11. The lowest BCUT2D eigenvalue weighted by atomic mass is 10.2. The lowest BCUT2D eigenvalue weighted by Crippen LogP contribution is -2.33. The van der Waals surface area contributed by atoms with Crippen LogP contribution < -0.4 is 5.32 Å². The molecule has 3 aromatic heterocycles. The summed E-state index contributed by atoms with van der Waals surface area (Å²) < 4.78 is 16.2. The lowest BCUT2D eigenvalue weighted by molar-refractivity contribution is -0.117. The van der Waals surface area contributed by atoms with Crippen molar-refractivity contribution in [1.29, 1.82) is 0 Å². The number of furan rings is 1. The Kier molecular flexibility index (Phi) is 8.07. The molecule has 0 bridgehead atoms. The van der Waals surface area contributed by atoms with Crippen LogP contribution in [0.3, 0.4) is 0 Å². The molecular formula is C25H26N4O5S. The molecule has 0 spiro atoms. The normalized spacial score (nSPS) is 11.1. The largest absolute Gasteiger partial charge is 0.462 e. The number of hydrogen-bond acceptors (Lipinski definition) is 9. The molecule has 35 heavy (non-hydrogen) atoms. The average molecular weight is 495 g/mol. The second-order valence-electron chi connectivity index (χ2n) is 7.68. The van der Waals surface area contributed by atoms with Gasteiger partial charge in [-0.25, -0.2) is 4.79 Å². The van der Waals surface area contributed by atoms with Crippen LogP contribution in [-0.4, -0.2) is 46.7 Å². The van der Waals surface area contributed by atoms with Crippen LogP contribution >= 0.6 is 11.3 Å². The summed E-state index contributed by atoms with van der Waals surface area (Å²) in [7, 11) is 0. The highest BCUT2D eigenvalue weighted by Crippen LogP contribution is 2.35. The van der Waals surface area contributed by atoms with Gasteiger partial charge >= 0.3 is 5.97 Å². The number of carbonyl (C=O) groups is 2. The molecule has 3 heterocycles. The Morgan fingerprint density at radius 1 is 1.11 bits per heavy atom. The Hall–Kier alpha value is -3.76. The van der Waals surface area contributed by atoms with E-state index in [-0.39, 0.29) is 24.9 Å². The average Bonchev–Trinajstić information content (AvgIpc) is 3.61. The number of amides is 1. The first-order valence-electron chi connectivity index (χ1n) is 11.3. The molecular weight excluding hydrogens is 468 g/mol. The molecule has 1 aromatic carbocycles. The zero-order chi connectivity index (χ0) is 24.6. The summed E-state index contributed by atoms with van der Waals surface area (Å²) in [5.41, 5.74) is 1.39. The highest BCUT2D eigenvalue weighted by molar-refractivity contribution is 7.18. The zero-order valence-electron chi connectivity index (χ0n) is 19.5. The van der Waals surface area contributed by atoms with E-state index in [2.05, 4.69) is 15.5 Å². The number of hydrogen-bond donors (Lipinski definition) is 1. The van der Waals surface area contributed by atoms with Crippen LogP contribution in [0, 0.1) is 0 Å². The van der Waals surface area contributed by atoms with E-state index in [1.807, 2.05) is 48.2 Å². The molecule has 0 radical (unpaired) electrons. The highest BCUT2D eigenvalue weighted by Gasteiger charge is 2.22. The van der Waals surface area contributed by atoms with Crippen LogP contribution in [-0.2, 0) is 16.1 Å². The van der Waals surface area contributed by atoms with Crippen molar-refractivity contribution in [1.82, 2.24) is 15.1 Å². The molecule has 0 aliphatic heterocycles. The summed E-state index contributed by atoms with van der Waals surface area (Å²) in [5, 5.41) is 11.0. The molecule has 4 aromatic rings. The Labute approximate surface area is 206 Å². The maximum Gasteiger partial charge on any atom is 0.350 e. The van der Waals surface area contributed by atoms with Crippen LogP contribution in [0.4, 0.5) is 5.69 Å². The van der Waals surface area contributed by atoms with Crippen molar-refractivity contribution in [2.75, 3.05) is 25.0 Å². The Bertz CT molecular complexity index is 1250. The van der Waals surface area contributed by atoms with Gasteiger partial charge in [0.2, 0.25) is 11.8 Å². The smallest absolute Gasteiger partial charge is 0.350 e. The SMILES string of the molecule is CCCN(CC(=O)Nc1cc(-c2ccccc2)sc1C(=O)OCC)Cc1nnc(-c2ccco2)o1. The van der Waals surface area contributed by atoms with E-state index in [9.17, 15) is 9.59 Å². The Morgan fingerprint density at radius 2 is 1.94 bits per heavy atom. The van der Waals surface area contributed by atoms with Gasteiger partial charge in [-0.05, 0) is 43.7 Å². The molecule has 0 atom stereocenters. The van der Waals surface area contributed by atoms with E-state index >= 15 is 0 Å². The summed E-state index contributed by atoms with van der Waals surface area (Å²) in [6.07, 6.45) is 2.36. The number of nitrogens with zero attached hydrogens (tertiary/aromatic N) is 3. The van der Waals surface area contributed by atoms with Crippen LogP contribution in [0.2, 0.25) is 0 Å². The number of anilines is 1. The summed E-state index contributed by atoms with van der Waals surface area (Å²) in [6, 6.07) is 15.0. The van der Waals surface area contributed by atoms with Gasteiger partial charge < -0.3 is 18.9 Å². The van der Waals surface area contributed by atoms with Gasteiger partial charge in [-0.1, -0.05) is 37.3 Å². The first kappa shape index (κ1) is 24.4. The maximum atomic E-state index is 13.0. The van der Waals surface area contributed by atoms with Crippen LogP contribution in [0.5, 0.6) is 0 Å². The second-order valence-corrected chi connectivity index (χ2v) is 8.73. The van der Waals surface area contributed by atoms with Gasteiger partial charge in [-0.15, -0.1) is 21.5 Å². The summed E-state index contributed by atoms with van der Waals surface area (Å²) in [6.45, 7) is 5.06. The molecule has 182 valence electrons. The summed E-state index contributed by atoms with van der Waals surface area (Å²) >= 11 is 1.29. The number of carbonyl (C=O) groups excluding carboxylic acids is 2. The Morgan fingerprint density at radius 3 is 2.66 bits per heavy atom. The van der Waals surface area contributed by atoms with Crippen LogP contribution in [0.25, 0.3) is 22.1 Å². The fourth-order valence-electron chi connectivity index (χ4n) is 3.51. The fourth-order valence-corrected chi connectivity index (χ4v) is 4.52. The van der Waals surface area contributed by atoms with Crippen molar-refractivity contribution in [2.45, 2.75) is 26.8 Å². The standard InChI is InChI=1S/C25H26N4O5S/c1-3-12-29(16-22-27-28-24(34-22)19-11-8-13-33-19)15-21(30)26-18-14-20(17-9-6-5-7-10-17)35-23(18)25(31)32-4-2/h5-11,13-14H,3-4,12,15-16H2,1-2H3,(H,26,30).